The normalized spacial score (nSPS) is 13.9. The second kappa shape index (κ2) is 6.18. The van der Waals surface area contributed by atoms with Gasteiger partial charge in [-0.1, -0.05) is 12.1 Å². The van der Waals surface area contributed by atoms with Crippen molar-refractivity contribution in [3.8, 4) is 6.07 Å². The highest BCUT2D eigenvalue weighted by molar-refractivity contribution is 5.76. The van der Waals surface area contributed by atoms with Crippen molar-refractivity contribution in [3.63, 3.8) is 0 Å². The Labute approximate surface area is 107 Å². The summed E-state index contributed by atoms with van der Waals surface area (Å²) < 4.78 is 0. The molecule has 0 aromatic heterocycles. The van der Waals surface area contributed by atoms with Crippen molar-refractivity contribution in [2.24, 2.45) is 0 Å². The predicted molar refractivity (Wildman–Crippen MR) is 68.6 cm³/mol. The lowest BCUT2D eigenvalue weighted by atomic mass is 10.1. The van der Waals surface area contributed by atoms with Crippen molar-refractivity contribution in [3.05, 3.63) is 35.4 Å². The van der Waals surface area contributed by atoms with Crippen LogP contribution in [0.5, 0.6) is 0 Å². The van der Waals surface area contributed by atoms with Crippen LogP contribution in [0.2, 0.25) is 0 Å². The van der Waals surface area contributed by atoms with Crippen LogP contribution in [0.15, 0.2) is 24.3 Å². The number of nitrogens with one attached hydrogen (secondary N) is 2. The van der Waals surface area contributed by atoms with Crippen molar-refractivity contribution < 1.29 is 4.79 Å². The minimum Gasteiger partial charge on any atom is -0.352 e. The van der Waals surface area contributed by atoms with Crippen LogP contribution < -0.4 is 10.6 Å². The van der Waals surface area contributed by atoms with Crippen LogP contribution in [0.1, 0.15) is 30.4 Å². The van der Waals surface area contributed by atoms with Gasteiger partial charge >= 0.3 is 0 Å². The lowest BCUT2D eigenvalue weighted by Crippen LogP contribution is -2.28. The average molecular weight is 243 g/mol. The van der Waals surface area contributed by atoms with Gasteiger partial charge in [0.2, 0.25) is 5.91 Å². The van der Waals surface area contributed by atoms with Crippen LogP contribution in [0.25, 0.3) is 0 Å². The monoisotopic (exact) mass is 243 g/mol. The molecular weight excluding hydrogens is 226 g/mol. The smallest absolute Gasteiger partial charge is 0.221 e. The number of nitrogens with zero attached hydrogens (tertiary/aromatic N) is 1. The third kappa shape index (κ3) is 4.19. The minimum atomic E-state index is 0.0468. The molecular formula is C14H17N3O. The molecule has 1 aliphatic carbocycles. The van der Waals surface area contributed by atoms with Crippen molar-refractivity contribution in [2.45, 2.75) is 31.8 Å². The summed E-state index contributed by atoms with van der Waals surface area (Å²) in [5.74, 6) is 0.0468. The van der Waals surface area contributed by atoms with Crippen LogP contribution >= 0.6 is 0 Å². The maximum Gasteiger partial charge on any atom is 0.221 e. The lowest BCUT2D eigenvalue weighted by molar-refractivity contribution is -0.121. The summed E-state index contributed by atoms with van der Waals surface area (Å²) in [4.78, 5) is 11.6. The SMILES string of the molecule is N#Cc1cccc(CNC(=O)CCNC2CC2)c1. The summed E-state index contributed by atoms with van der Waals surface area (Å²) in [6.07, 6.45) is 2.99. The molecule has 0 unspecified atom stereocenters. The highest BCUT2D eigenvalue weighted by Crippen LogP contribution is 2.18. The molecule has 18 heavy (non-hydrogen) atoms. The molecule has 4 nitrogen and oxygen atoms in total. The molecule has 0 aliphatic heterocycles. The van der Waals surface area contributed by atoms with Crippen LogP contribution in [0, 0.1) is 11.3 Å². The Morgan fingerprint density at radius 1 is 1.44 bits per heavy atom. The molecule has 94 valence electrons. The molecule has 1 fully saturated rings. The third-order valence-corrected chi connectivity index (χ3v) is 2.91. The summed E-state index contributed by atoms with van der Waals surface area (Å²) >= 11 is 0. The van der Waals surface area contributed by atoms with Crippen LogP contribution in [-0.4, -0.2) is 18.5 Å². The van der Waals surface area contributed by atoms with E-state index in [9.17, 15) is 4.79 Å². The number of hydrogen-bond donors (Lipinski definition) is 2. The van der Waals surface area contributed by atoms with Crippen molar-refractivity contribution >= 4 is 5.91 Å². The fourth-order valence-electron chi connectivity index (χ4n) is 1.72. The lowest BCUT2D eigenvalue weighted by Gasteiger charge is -2.06. The van der Waals surface area contributed by atoms with E-state index in [2.05, 4.69) is 16.7 Å². The summed E-state index contributed by atoms with van der Waals surface area (Å²) in [5.41, 5.74) is 1.58. The Bertz CT molecular complexity index is 460. The summed E-state index contributed by atoms with van der Waals surface area (Å²) in [6.45, 7) is 1.23. The zero-order valence-corrected chi connectivity index (χ0v) is 10.3. The molecule has 0 heterocycles. The van der Waals surface area contributed by atoms with Crippen LogP contribution in [-0.2, 0) is 11.3 Å². The molecule has 2 rings (SSSR count). The number of hydrogen-bond acceptors (Lipinski definition) is 3. The maximum atomic E-state index is 11.6. The van der Waals surface area contributed by atoms with Crippen molar-refractivity contribution in [2.75, 3.05) is 6.54 Å². The second-order valence-electron chi connectivity index (χ2n) is 4.57. The van der Waals surface area contributed by atoms with Gasteiger partial charge in [-0.05, 0) is 30.5 Å². The molecule has 2 N–H and O–H groups in total. The van der Waals surface area contributed by atoms with Gasteiger partial charge in [0.25, 0.3) is 0 Å². The van der Waals surface area contributed by atoms with Gasteiger partial charge in [-0.2, -0.15) is 5.26 Å². The first-order valence-corrected chi connectivity index (χ1v) is 6.27. The number of amides is 1. The first-order chi connectivity index (χ1) is 8.78. The Hall–Kier alpha value is -1.86. The predicted octanol–water partition coefficient (Wildman–Crippen LogP) is 1.32. The molecule has 0 radical (unpaired) electrons. The standard InChI is InChI=1S/C14H17N3O/c15-9-11-2-1-3-12(8-11)10-17-14(18)6-7-16-13-4-5-13/h1-3,8,13,16H,4-7,10H2,(H,17,18). The molecule has 0 atom stereocenters. The van der Waals surface area contributed by atoms with Crippen molar-refractivity contribution in [1.29, 1.82) is 5.26 Å². The van der Waals surface area contributed by atoms with Gasteiger partial charge in [0.1, 0.15) is 0 Å². The zero-order chi connectivity index (χ0) is 12.8. The van der Waals surface area contributed by atoms with Gasteiger partial charge in [0, 0.05) is 25.6 Å². The first kappa shape index (κ1) is 12.6. The van der Waals surface area contributed by atoms with E-state index in [0.29, 0.717) is 24.6 Å². The number of carbonyl (C=O) groups excluding carboxylic acids is 1. The summed E-state index contributed by atoms with van der Waals surface area (Å²) in [7, 11) is 0. The summed E-state index contributed by atoms with van der Waals surface area (Å²) in [6, 6.07) is 10.0. The largest absolute Gasteiger partial charge is 0.352 e. The molecule has 1 aromatic rings. The van der Waals surface area contributed by atoms with Gasteiger partial charge in [0.05, 0.1) is 11.6 Å². The van der Waals surface area contributed by atoms with Crippen molar-refractivity contribution in [1.82, 2.24) is 10.6 Å². The van der Waals surface area contributed by atoms with Crippen LogP contribution in [0.4, 0.5) is 0 Å². The number of benzene rings is 1. The fraction of sp³-hybridized carbons (Fsp3) is 0.429. The molecule has 1 saturated carbocycles. The zero-order valence-electron chi connectivity index (χ0n) is 10.3. The second-order valence-corrected chi connectivity index (χ2v) is 4.57. The Morgan fingerprint density at radius 3 is 3.00 bits per heavy atom. The molecule has 1 aliphatic rings. The van der Waals surface area contributed by atoms with E-state index in [1.165, 1.54) is 12.8 Å². The van der Waals surface area contributed by atoms with Gasteiger partial charge in [-0.25, -0.2) is 0 Å². The van der Waals surface area contributed by atoms with E-state index in [0.717, 1.165) is 12.1 Å². The molecule has 1 amide bonds. The number of carbonyl (C=O) groups is 1. The van der Waals surface area contributed by atoms with Gasteiger partial charge in [-0.15, -0.1) is 0 Å². The van der Waals surface area contributed by atoms with Crippen LogP contribution in [0.3, 0.4) is 0 Å². The molecule has 4 heteroatoms. The maximum absolute atomic E-state index is 11.6. The summed E-state index contributed by atoms with van der Waals surface area (Å²) in [5, 5.41) is 14.9. The van der Waals surface area contributed by atoms with E-state index in [1.807, 2.05) is 12.1 Å². The van der Waals surface area contributed by atoms with E-state index >= 15 is 0 Å². The molecule has 0 saturated heterocycles. The quantitative estimate of drug-likeness (QED) is 0.792. The van der Waals surface area contributed by atoms with E-state index in [-0.39, 0.29) is 5.91 Å². The molecule has 0 bridgehead atoms. The average Bonchev–Trinajstić information content (AvgIpc) is 3.21. The van der Waals surface area contributed by atoms with E-state index in [1.54, 1.807) is 12.1 Å². The highest BCUT2D eigenvalue weighted by Gasteiger charge is 2.19. The van der Waals surface area contributed by atoms with Gasteiger partial charge < -0.3 is 10.6 Å². The van der Waals surface area contributed by atoms with E-state index < -0.39 is 0 Å². The third-order valence-electron chi connectivity index (χ3n) is 2.91. The number of nitriles is 1. The minimum absolute atomic E-state index is 0.0468. The fourth-order valence-corrected chi connectivity index (χ4v) is 1.72. The molecule has 1 aromatic carbocycles. The molecule has 0 spiro atoms. The first-order valence-electron chi connectivity index (χ1n) is 6.27. The van der Waals surface area contributed by atoms with Gasteiger partial charge in [-0.3, -0.25) is 4.79 Å². The van der Waals surface area contributed by atoms with E-state index in [4.69, 9.17) is 5.26 Å². The number of rotatable bonds is 6. The van der Waals surface area contributed by atoms with Gasteiger partial charge in [0.15, 0.2) is 0 Å². The Balaban J connectivity index is 1.69. The Morgan fingerprint density at radius 2 is 2.28 bits per heavy atom. The Kier molecular flexibility index (Phi) is 4.32. The topological polar surface area (TPSA) is 64.9 Å². The highest BCUT2D eigenvalue weighted by atomic mass is 16.1.